The number of aryl methyl sites for hydroxylation is 1. The van der Waals surface area contributed by atoms with Gasteiger partial charge in [0.05, 0.1) is 24.8 Å². The van der Waals surface area contributed by atoms with Crippen LogP contribution >= 0.6 is 0 Å². The van der Waals surface area contributed by atoms with E-state index in [2.05, 4.69) is 16.8 Å². The molecule has 22 heavy (non-hydrogen) atoms. The minimum Gasteiger partial charge on any atom is -0.378 e. The van der Waals surface area contributed by atoms with E-state index in [0.29, 0.717) is 12.1 Å². The first-order valence-electron chi connectivity index (χ1n) is 8.25. The summed E-state index contributed by atoms with van der Waals surface area (Å²) in [5.74, 6) is 0.0999. The van der Waals surface area contributed by atoms with Crippen molar-refractivity contribution in [1.82, 2.24) is 14.8 Å². The van der Waals surface area contributed by atoms with Gasteiger partial charge in [0.1, 0.15) is 0 Å². The summed E-state index contributed by atoms with van der Waals surface area (Å²) < 4.78 is 5.77. The summed E-state index contributed by atoms with van der Waals surface area (Å²) in [5.41, 5.74) is 1.52. The number of piperazine rings is 1. The molecule has 2 fully saturated rings. The molecule has 0 radical (unpaired) electrons. The Kier molecular flexibility index (Phi) is 4.74. The van der Waals surface area contributed by atoms with Crippen LogP contribution in [-0.4, -0.2) is 65.6 Å². The van der Waals surface area contributed by atoms with Crippen LogP contribution in [-0.2, 0) is 4.74 Å². The standard InChI is InChI=1S/C17H25N3O2/c1-3-5-14-11-22-12-15-10-19(8-9-20(14)15)17(21)16-6-4-7-18-13(16)2/h4,6-7,14-15H,3,5,8-12H2,1-2H3/t14-,15+/m0/s1. The lowest BCUT2D eigenvalue weighted by molar-refractivity contribution is -0.0776. The number of pyridine rings is 1. The lowest BCUT2D eigenvalue weighted by Crippen LogP contribution is -2.62. The molecule has 0 spiro atoms. The number of ether oxygens (including phenoxy) is 1. The Morgan fingerprint density at radius 3 is 3.05 bits per heavy atom. The highest BCUT2D eigenvalue weighted by atomic mass is 16.5. The molecule has 1 aromatic rings. The molecule has 5 nitrogen and oxygen atoms in total. The lowest BCUT2D eigenvalue weighted by atomic mass is 10.0. The van der Waals surface area contributed by atoms with Crippen LogP contribution in [0, 0.1) is 6.92 Å². The Morgan fingerprint density at radius 2 is 2.27 bits per heavy atom. The van der Waals surface area contributed by atoms with Gasteiger partial charge in [-0.25, -0.2) is 0 Å². The monoisotopic (exact) mass is 303 g/mol. The Balaban J connectivity index is 1.69. The molecule has 0 saturated carbocycles. The largest absolute Gasteiger partial charge is 0.378 e. The second-order valence-corrected chi connectivity index (χ2v) is 6.26. The quantitative estimate of drug-likeness (QED) is 0.853. The molecule has 0 aromatic carbocycles. The van der Waals surface area contributed by atoms with Gasteiger partial charge in [0.25, 0.3) is 5.91 Å². The van der Waals surface area contributed by atoms with Gasteiger partial charge in [-0.2, -0.15) is 0 Å². The molecule has 120 valence electrons. The number of carbonyl (C=O) groups excluding carboxylic acids is 1. The van der Waals surface area contributed by atoms with E-state index in [9.17, 15) is 4.79 Å². The van der Waals surface area contributed by atoms with Crippen molar-refractivity contribution in [2.45, 2.75) is 38.8 Å². The van der Waals surface area contributed by atoms with E-state index in [1.807, 2.05) is 24.0 Å². The molecular weight excluding hydrogens is 278 g/mol. The molecule has 0 N–H and O–H groups in total. The van der Waals surface area contributed by atoms with Crippen molar-refractivity contribution in [1.29, 1.82) is 0 Å². The Bertz CT molecular complexity index is 532. The van der Waals surface area contributed by atoms with Gasteiger partial charge in [0.2, 0.25) is 0 Å². The van der Waals surface area contributed by atoms with Crippen molar-refractivity contribution in [2.24, 2.45) is 0 Å². The first-order chi connectivity index (χ1) is 10.7. The predicted octanol–water partition coefficient (Wildman–Crippen LogP) is 1.72. The SMILES string of the molecule is CCC[C@H]1COC[C@H]2CN(C(=O)c3cccnc3C)CCN12. The van der Waals surface area contributed by atoms with E-state index in [-0.39, 0.29) is 5.91 Å². The molecule has 2 atom stereocenters. The van der Waals surface area contributed by atoms with Crippen molar-refractivity contribution >= 4 is 5.91 Å². The number of hydrogen-bond acceptors (Lipinski definition) is 4. The van der Waals surface area contributed by atoms with Crippen molar-refractivity contribution in [2.75, 3.05) is 32.8 Å². The van der Waals surface area contributed by atoms with Gasteiger partial charge >= 0.3 is 0 Å². The normalized spacial score (nSPS) is 25.8. The van der Waals surface area contributed by atoms with Gasteiger partial charge in [-0.05, 0) is 25.5 Å². The van der Waals surface area contributed by atoms with Gasteiger partial charge < -0.3 is 9.64 Å². The first kappa shape index (κ1) is 15.4. The minimum atomic E-state index is 0.0999. The molecule has 1 aromatic heterocycles. The zero-order valence-electron chi connectivity index (χ0n) is 13.5. The maximum absolute atomic E-state index is 12.7. The zero-order chi connectivity index (χ0) is 15.5. The number of carbonyl (C=O) groups is 1. The average Bonchev–Trinajstić information content (AvgIpc) is 2.55. The number of amides is 1. The molecule has 0 unspecified atom stereocenters. The molecule has 2 aliphatic heterocycles. The molecule has 0 aliphatic carbocycles. The van der Waals surface area contributed by atoms with Crippen LogP contribution in [0.3, 0.4) is 0 Å². The van der Waals surface area contributed by atoms with E-state index in [0.717, 1.165) is 44.1 Å². The highest BCUT2D eigenvalue weighted by Gasteiger charge is 2.36. The number of nitrogens with zero attached hydrogens (tertiary/aromatic N) is 3. The van der Waals surface area contributed by atoms with E-state index in [1.54, 1.807) is 6.20 Å². The third-order valence-electron chi connectivity index (χ3n) is 4.76. The number of morpholine rings is 1. The van der Waals surface area contributed by atoms with Crippen molar-refractivity contribution in [3.63, 3.8) is 0 Å². The zero-order valence-corrected chi connectivity index (χ0v) is 13.5. The van der Waals surface area contributed by atoms with E-state index < -0.39 is 0 Å². The van der Waals surface area contributed by atoms with Crippen LogP contribution in [0.15, 0.2) is 18.3 Å². The van der Waals surface area contributed by atoms with Crippen LogP contribution in [0.5, 0.6) is 0 Å². The minimum absolute atomic E-state index is 0.0999. The summed E-state index contributed by atoms with van der Waals surface area (Å²) in [5, 5.41) is 0. The van der Waals surface area contributed by atoms with Gasteiger partial charge in [-0.3, -0.25) is 14.7 Å². The Hall–Kier alpha value is -1.46. The lowest BCUT2D eigenvalue weighted by Gasteiger charge is -2.48. The molecule has 2 aliphatic rings. The molecule has 3 rings (SSSR count). The fourth-order valence-electron chi connectivity index (χ4n) is 3.58. The first-order valence-corrected chi connectivity index (χ1v) is 8.25. The average molecular weight is 303 g/mol. The number of hydrogen-bond donors (Lipinski definition) is 0. The van der Waals surface area contributed by atoms with Crippen molar-refractivity contribution in [3.8, 4) is 0 Å². The fraction of sp³-hybridized carbons (Fsp3) is 0.647. The van der Waals surface area contributed by atoms with E-state index >= 15 is 0 Å². The maximum atomic E-state index is 12.7. The summed E-state index contributed by atoms with van der Waals surface area (Å²) in [7, 11) is 0. The Labute approximate surface area is 132 Å². The van der Waals surface area contributed by atoms with E-state index in [4.69, 9.17) is 4.74 Å². The molecule has 5 heteroatoms. The number of aromatic nitrogens is 1. The summed E-state index contributed by atoms with van der Waals surface area (Å²) in [6.07, 6.45) is 4.08. The molecular formula is C17H25N3O2. The van der Waals surface area contributed by atoms with Crippen LogP contribution < -0.4 is 0 Å². The summed E-state index contributed by atoms with van der Waals surface area (Å²) in [6.45, 7) is 8.18. The summed E-state index contributed by atoms with van der Waals surface area (Å²) in [6, 6.07) is 4.55. The summed E-state index contributed by atoms with van der Waals surface area (Å²) >= 11 is 0. The van der Waals surface area contributed by atoms with Crippen molar-refractivity contribution in [3.05, 3.63) is 29.6 Å². The molecule has 0 bridgehead atoms. The third kappa shape index (κ3) is 3.01. The van der Waals surface area contributed by atoms with Crippen LogP contribution in [0.4, 0.5) is 0 Å². The molecule has 2 saturated heterocycles. The van der Waals surface area contributed by atoms with Crippen molar-refractivity contribution < 1.29 is 9.53 Å². The Morgan fingerprint density at radius 1 is 1.41 bits per heavy atom. The van der Waals surface area contributed by atoms with Gasteiger partial charge in [-0.15, -0.1) is 0 Å². The summed E-state index contributed by atoms with van der Waals surface area (Å²) in [4.78, 5) is 21.5. The van der Waals surface area contributed by atoms with Crippen LogP contribution in [0.1, 0.15) is 35.8 Å². The highest BCUT2D eigenvalue weighted by Crippen LogP contribution is 2.22. The third-order valence-corrected chi connectivity index (χ3v) is 4.76. The molecule has 3 heterocycles. The molecule has 1 amide bonds. The second kappa shape index (κ2) is 6.75. The number of fused-ring (bicyclic) bond motifs is 1. The predicted molar refractivity (Wildman–Crippen MR) is 84.9 cm³/mol. The van der Waals surface area contributed by atoms with Gasteiger partial charge in [0.15, 0.2) is 0 Å². The smallest absolute Gasteiger partial charge is 0.255 e. The maximum Gasteiger partial charge on any atom is 0.255 e. The highest BCUT2D eigenvalue weighted by molar-refractivity contribution is 5.95. The van der Waals surface area contributed by atoms with Crippen LogP contribution in [0.25, 0.3) is 0 Å². The van der Waals surface area contributed by atoms with Gasteiger partial charge in [0, 0.05) is 37.6 Å². The van der Waals surface area contributed by atoms with Gasteiger partial charge in [-0.1, -0.05) is 13.3 Å². The van der Waals surface area contributed by atoms with E-state index in [1.165, 1.54) is 12.8 Å². The number of rotatable bonds is 3. The second-order valence-electron chi connectivity index (χ2n) is 6.26. The fourth-order valence-corrected chi connectivity index (χ4v) is 3.58. The topological polar surface area (TPSA) is 45.7 Å². The van der Waals surface area contributed by atoms with Crippen LogP contribution in [0.2, 0.25) is 0 Å².